The molecule has 1 atom stereocenters. The van der Waals surface area contributed by atoms with Crippen molar-refractivity contribution < 1.29 is 4.79 Å². The largest absolute Gasteiger partial charge is 0.336 e. The summed E-state index contributed by atoms with van der Waals surface area (Å²) in [6, 6.07) is 5.32. The van der Waals surface area contributed by atoms with Gasteiger partial charge >= 0.3 is 6.03 Å². The number of hydrogen-bond acceptors (Lipinski definition) is 3. The Balaban J connectivity index is 1.72. The summed E-state index contributed by atoms with van der Waals surface area (Å²) in [5, 5.41) is 5.63. The number of nitrogens with zero attached hydrogens (tertiary/aromatic N) is 3. The molecule has 6 nitrogen and oxygen atoms in total. The molecule has 0 radical (unpaired) electrons. The van der Waals surface area contributed by atoms with Gasteiger partial charge in [0.05, 0.1) is 18.1 Å². The zero-order valence-corrected chi connectivity index (χ0v) is 10.8. The number of urea groups is 1. The van der Waals surface area contributed by atoms with E-state index in [2.05, 4.69) is 20.6 Å². The summed E-state index contributed by atoms with van der Waals surface area (Å²) >= 11 is 0. The van der Waals surface area contributed by atoms with Crippen molar-refractivity contribution in [2.75, 3.05) is 6.54 Å². The number of pyridine rings is 1. The number of carbonyl (C=O) groups is 1. The van der Waals surface area contributed by atoms with E-state index in [1.807, 2.05) is 35.9 Å². The second-order valence-electron chi connectivity index (χ2n) is 4.18. The van der Waals surface area contributed by atoms with Gasteiger partial charge < -0.3 is 15.2 Å². The molecule has 0 bridgehead atoms. The van der Waals surface area contributed by atoms with E-state index in [0.717, 1.165) is 5.69 Å². The molecule has 0 spiro atoms. The van der Waals surface area contributed by atoms with E-state index in [1.165, 1.54) is 0 Å². The fraction of sp³-hybridized carbons (Fsp3) is 0.308. The lowest BCUT2D eigenvalue weighted by Gasteiger charge is -2.14. The fourth-order valence-corrected chi connectivity index (χ4v) is 1.67. The molecule has 19 heavy (non-hydrogen) atoms. The Hall–Kier alpha value is -2.37. The van der Waals surface area contributed by atoms with E-state index in [0.29, 0.717) is 13.1 Å². The Bertz CT molecular complexity index is 497. The molecular weight excluding hydrogens is 242 g/mol. The van der Waals surface area contributed by atoms with Gasteiger partial charge in [0.15, 0.2) is 0 Å². The zero-order chi connectivity index (χ0) is 13.5. The van der Waals surface area contributed by atoms with Crippen LogP contribution in [0.4, 0.5) is 4.79 Å². The Morgan fingerprint density at radius 2 is 2.32 bits per heavy atom. The third kappa shape index (κ3) is 4.09. The molecule has 2 aromatic rings. The smallest absolute Gasteiger partial charge is 0.315 e. The second kappa shape index (κ2) is 6.53. The second-order valence-corrected chi connectivity index (χ2v) is 4.18. The normalized spacial score (nSPS) is 11.8. The summed E-state index contributed by atoms with van der Waals surface area (Å²) in [5.41, 5.74) is 0.840. The summed E-state index contributed by atoms with van der Waals surface area (Å²) in [6.07, 6.45) is 7.00. The molecule has 0 aliphatic heterocycles. The van der Waals surface area contributed by atoms with Gasteiger partial charge in [-0.3, -0.25) is 4.98 Å². The van der Waals surface area contributed by atoms with Gasteiger partial charge in [0.2, 0.25) is 0 Å². The summed E-state index contributed by atoms with van der Waals surface area (Å²) in [6.45, 7) is 3.15. The maximum absolute atomic E-state index is 11.7. The molecule has 0 aliphatic rings. The number of imidazole rings is 1. The minimum atomic E-state index is -0.196. The monoisotopic (exact) mass is 259 g/mol. The molecule has 0 saturated heterocycles. The Labute approximate surface area is 111 Å². The standard InChI is InChI=1S/C13H17N5O/c1-11(12-4-2-3-5-15-12)17-13(19)16-7-9-18-8-6-14-10-18/h2-6,8,10-11H,7,9H2,1H3,(H2,16,17,19)/t11-/m0/s1. The molecule has 0 fully saturated rings. The van der Waals surface area contributed by atoms with E-state index in [9.17, 15) is 4.79 Å². The van der Waals surface area contributed by atoms with Crippen LogP contribution < -0.4 is 10.6 Å². The maximum atomic E-state index is 11.7. The third-order valence-corrected chi connectivity index (χ3v) is 2.69. The van der Waals surface area contributed by atoms with Gasteiger partial charge in [0, 0.05) is 31.7 Å². The number of amides is 2. The van der Waals surface area contributed by atoms with Crippen LogP contribution >= 0.6 is 0 Å². The van der Waals surface area contributed by atoms with Crippen molar-refractivity contribution in [2.45, 2.75) is 19.5 Å². The highest BCUT2D eigenvalue weighted by Crippen LogP contribution is 2.06. The predicted molar refractivity (Wildman–Crippen MR) is 71.4 cm³/mol. The van der Waals surface area contributed by atoms with Crippen LogP contribution in [-0.4, -0.2) is 27.1 Å². The molecule has 2 heterocycles. The first-order valence-corrected chi connectivity index (χ1v) is 6.17. The average molecular weight is 259 g/mol. The van der Waals surface area contributed by atoms with Crippen molar-refractivity contribution in [2.24, 2.45) is 0 Å². The van der Waals surface area contributed by atoms with Gasteiger partial charge in [-0.2, -0.15) is 0 Å². The number of carbonyl (C=O) groups excluding carboxylic acids is 1. The minimum absolute atomic E-state index is 0.116. The van der Waals surface area contributed by atoms with Crippen LogP contribution in [0.2, 0.25) is 0 Å². The molecule has 2 aromatic heterocycles. The van der Waals surface area contributed by atoms with Crippen molar-refractivity contribution in [3.8, 4) is 0 Å². The molecule has 2 N–H and O–H groups in total. The van der Waals surface area contributed by atoms with Gasteiger partial charge in [0.1, 0.15) is 0 Å². The highest BCUT2D eigenvalue weighted by Gasteiger charge is 2.09. The first-order chi connectivity index (χ1) is 9.25. The van der Waals surface area contributed by atoms with E-state index in [1.54, 1.807) is 18.7 Å². The molecule has 0 saturated carbocycles. The van der Waals surface area contributed by atoms with Gasteiger partial charge in [-0.05, 0) is 19.1 Å². The lowest BCUT2D eigenvalue weighted by molar-refractivity contribution is 0.237. The Morgan fingerprint density at radius 3 is 3.00 bits per heavy atom. The first-order valence-electron chi connectivity index (χ1n) is 6.17. The average Bonchev–Trinajstić information content (AvgIpc) is 2.93. The van der Waals surface area contributed by atoms with Crippen LogP contribution in [0.25, 0.3) is 0 Å². The highest BCUT2D eigenvalue weighted by molar-refractivity contribution is 5.74. The number of hydrogen-bond donors (Lipinski definition) is 2. The van der Waals surface area contributed by atoms with E-state index in [4.69, 9.17) is 0 Å². The number of rotatable bonds is 5. The molecule has 6 heteroatoms. The van der Waals surface area contributed by atoms with Crippen LogP contribution in [0.1, 0.15) is 18.7 Å². The highest BCUT2D eigenvalue weighted by atomic mass is 16.2. The van der Waals surface area contributed by atoms with Crippen molar-refractivity contribution in [1.29, 1.82) is 0 Å². The quantitative estimate of drug-likeness (QED) is 0.851. The number of aromatic nitrogens is 3. The van der Waals surface area contributed by atoms with Crippen LogP contribution in [0.5, 0.6) is 0 Å². The molecule has 100 valence electrons. The molecule has 0 aliphatic carbocycles. The zero-order valence-electron chi connectivity index (χ0n) is 10.8. The van der Waals surface area contributed by atoms with Crippen LogP contribution in [0.15, 0.2) is 43.1 Å². The van der Waals surface area contributed by atoms with Gasteiger partial charge in [-0.15, -0.1) is 0 Å². The van der Waals surface area contributed by atoms with Crippen molar-refractivity contribution >= 4 is 6.03 Å². The van der Waals surface area contributed by atoms with Crippen molar-refractivity contribution in [3.05, 3.63) is 48.8 Å². The van der Waals surface area contributed by atoms with Crippen LogP contribution in [0.3, 0.4) is 0 Å². The van der Waals surface area contributed by atoms with E-state index in [-0.39, 0.29) is 12.1 Å². The maximum Gasteiger partial charge on any atom is 0.315 e. The lowest BCUT2D eigenvalue weighted by Crippen LogP contribution is -2.38. The van der Waals surface area contributed by atoms with Gasteiger partial charge in [0.25, 0.3) is 0 Å². The predicted octanol–water partition coefficient (Wildman–Crippen LogP) is 1.34. The first kappa shape index (κ1) is 13.1. The van der Waals surface area contributed by atoms with Crippen LogP contribution in [0, 0.1) is 0 Å². The summed E-state index contributed by atoms with van der Waals surface area (Å²) in [4.78, 5) is 19.8. The minimum Gasteiger partial charge on any atom is -0.336 e. The van der Waals surface area contributed by atoms with Crippen LogP contribution in [-0.2, 0) is 6.54 Å². The Kier molecular flexibility index (Phi) is 4.49. The fourth-order valence-electron chi connectivity index (χ4n) is 1.67. The summed E-state index contributed by atoms with van der Waals surface area (Å²) in [7, 11) is 0. The SMILES string of the molecule is C[C@H](NC(=O)NCCn1ccnc1)c1ccccn1. The topological polar surface area (TPSA) is 71.8 Å². The molecular formula is C13H17N5O. The lowest BCUT2D eigenvalue weighted by atomic mass is 10.2. The van der Waals surface area contributed by atoms with Crippen molar-refractivity contribution in [3.63, 3.8) is 0 Å². The summed E-state index contributed by atoms with van der Waals surface area (Å²) in [5.74, 6) is 0. The molecule has 0 aromatic carbocycles. The van der Waals surface area contributed by atoms with E-state index < -0.39 is 0 Å². The van der Waals surface area contributed by atoms with Gasteiger partial charge in [-0.1, -0.05) is 6.07 Å². The number of nitrogens with one attached hydrogen (secondary N) is 2. The summed E-state index contributed by atoms with van der Waals surface area (Å²) < 4.78 is 1.91. The molecule has 0 unspecified atom stereocenters. The van der Waals surface area contributed by atoms with Crippen molar-refractivity contribution in [1.82, 2.24) is 25.2 Å². The van der Waals surface area contributed by atoms with Gasteiger partial charge in [-0.25, -0.2) is 9.78 Å². The Morgan fingerprint density at radius 1 is 1.42 bits per heavy atom. The third-order valence-electron chi connectivity index (χ3n) is 2.69. The molecule has 2 rings (SSSR count). The molecule has 2 amide bonds. The van der Waals surface area contributed by atoms with E-state index >= 15 is 0 Å².